The molecule has 0 atom stereocenters. The van der Waals surface area contributed by atoms with Gasteiger partial charge in [-0.3, -0.25) is 4.98 Å². The van der Waals surface area contributed by atoms with Gasteiger partial charge in [0.05, 0.1) is 0 Å². The molecule has 1 aromatic heterocycles. The molecule has 17 heavy (non-hydrogen) atoms. The summed E-state index contributed by atoms with van der Waals surface area (Å²) in [4.78, 5) is 3.96. The van der Waals surface area contributed by atoms with Gasteiger partial charge in [0, 0.05) is 24.1 Å². The molecule has 0 aliphatic carbocycles. The van der Waals surface area contributed by atoms with Gasteiger partial charge in [0.15, 0.2) is 0 Å². The van der Waals surface area contributed by atoms with Crippen molar-refractivity contribution in [3.63, 3.8) is 0 Å². The first-order valence-electron chi connectivity index (χ1n) is 5.29. The van der Waals surface area contributed by atoms with Crippen molar-refractivity contribution >= 4 is 5.69 Å². The Morgan fingerprint density at radius 2 is 1.82 bits per heavy atom. The average Bonchev–Trinajstić information content (AvgIpc) is 2.30. The maximum absolute atomic E-state index is 13.4. The Hall–Kier alpha value is -1.97. The van der Waals surface area contributed by atoms with Crippen LogP contribution in [0.1, 0.15) is 11.1 Å². The number of hydrogen-bond acceptors (Lipinski definition) is 2. The Bertz CT molecular complexity index is 527. The van der Waals surface area contributed by atoms with Gasteiger partial charge in [0.2, 0.25) is 0 Å². The van der Waals surface area contributed by atoms with Crippen LogP contribution < -0.4 is 5.73 Å². The normalized spacial score (nSPS) is 10.5. The first-order valence-corrected chi connectivity index (χ1v) is 5.29. The highest BCUT2D eigenvalue weighted by atomic mass is 19.1. The summed E-state index contributed by atoms with van der Waals surface area (Å²) in [7, 11) is 0. The summed E-state index contributed by atoms with van der Waals surface area (Å²) in [5, 5.41) is 0. The van der Waals surface area contributed by atoms with E-state index in [-0.39, 0.29) is 0 Å². The molecule has 2 nitrogen and oxygen atoms in total. The number of halogens is 2. The highest BCUT2D eigenvalue weighted by Gasteiger charge is 2.05. The van der Waals surface area contributed by atoms with Gasteiger partial charge in [-0.2, -0.15) is 0 Å². The van der Waals surface area contributed by atoms with E-state index in [0.717, 1.165) is 11.6 Å². The molecule has 88 valence electrons. The van der Waals surface area contributed by atoms with E-state index in [1.807, 2.05) is 0 Å². The van der Waals surface area contributed by atoms with Crippen LogP contribution in [0.4, 0.5) is 14.5 Å². The number of benzene rings is 1. The summed E-state index contributed by atoms with van der Waals surface area (Å²) in [6, 6.07) is 5.31. The van der Waals surface area contributed by atoms with Gasteiger partial charge in [-0.05, 0) is 36.1 Å². The lowest BCUT2D eigenvalue weighted by Crippen LogP contribution is -1.99. The Morgan fingerprint density at radius 1 is 1.06 bits per heavy atom. The Balaban J connectivity index is 2.10. The monoisotopic (exact) mass is 234 g/mol. The average molecular weight is 234 g/mol. The fourth-order valence-corrected chi connectivity index (χ4v) is 1.64. The maximum Gasteiger partial charge on any atom is 0.129 e. The second-order valence-electron chi connectivity index (χ2n) is 3.81. The number of nitrogens with two attached hydrogens (primary N) is 1. The minimum Gasteiger partial charge on any atom is -0.398 e. The maximum atomic E-state index is 13.4. The minimum atomic E-state index is -0.563. The zero-order chi connectivity index (χ0) is 12.3. The molecule has 0 radical (unpaired) electrons. The van der Waals surface area contributed by atoms with Crippen molar-refractivity contribution in [1.82, 2.24) is 4.98 Å². The van der Waals surface area contributed by atoms with E-state index in [2.05, 4.69) is 4.98 Å². The van der Waals surface area contributed by atoms with Gasteiger partial charge in [-0.1, -0.05) is 6.07 Å². The third kappa shape index (κ3) is 2.78. The topological polar surface area (TPSA) is 38.9 Å². The number of hydrogen-bond donors (Lipinski definition) is 1. The molecular weight excluding hydrogens is 222 g/mol. The van der Waals surface area contributed by atoms with Gasteiger partial charge in [0.1, 0.15) is 11.6 Å². The number of aryl methyl sites for hydroxylation is 2. The fraction of sp³-hybridized carbons (Fsp3) is 0.154. The van der Waals surface area contributed by atoms with Gasteiger partial charge in [-0.25, -0.2) is 8.78 Å². The zero-order valence-electron chi connectivity index (χ0n) is 9.16. The smallest absolute Gasteiger partial charge is 0.129 e. The van der Waals surface area contributed by atoms with E-state index in [1.54, 1.807) is 18.5 Å². The Kier molecular flexibility index (Phi) is 3.32. The number of nitrogens with zero attached hydrogens (tertiary/aromatic N) is 1. The quantitative estimate of drug-likeness (QED) is 0.886. The highest BCUT2D eigenvalue weighted by Crippen LogP contribution is 2.15. The number of anilines is 1. The van der Waals surface area contributed by atoms with Crippen LogP contribution in [-0.2, 0) is 12.8 Å². The van der Waals surface area contributed by atoms with Crippen molar-refractivity contribution in [3.8, 4) is 0 Å². The molecule has 0 fully saturated rings. The zero-order valence-corrected chi connectivity index (χ0v) is 9.16. The molecule has 0 spiro atoms. The van der Waals surface area contributed by atoms with E-state index in [9.17, 15) is 8.78 Å². The highest BCUT2D eigenvalue weighted by molar-refractivity contribution is 5.44. The first kappa shape index (κ1) is 11.5. The van der Waals surface area contributed by atoms with Crippen LogP contribution in [0.2, 0.25) is 0 Å². The van der Waals surface area contributed by atoms with Gasteiger partial charge < -0.3 is 5.73 Å². The molecule has 0 aliphatic heterocycles. The predicted molar refractivity (Wildman–Crippen MR) is 62.4 cm³/mol. The number of aromatic nitrogens is 1. The van der Waals surface area contributed by atoms with Crippen molar-refractivity contribution in [2.24, 2.45) is 0 Å². The standard InChI is InChI=1S/C13H12F2N2/c14-11-4-3-9(12(15)7-11)1-2-10-8-17-6-5-13(10)16/h3-8H,1-2H2,(H2,16,17). The van der Waals surface area contributed by atoms with Crippen LogP contribution in [0.3, 0.4) is 0 Å². The molecule has 0 bridgehead atoms. The van der Waals surface area contributed by atoms with Crippen molar-refractivity contribution in [2.75, 3.05) is 5.73 Å². The molecule has 2 rings (SSSR count). The Labute approximate surface area is 98.1 Å². The predicted octanol–water partition coefficient (Wildman–Crippen LogP) is 2.73. The molecule has 0 unspecified atom stereocenters. The van der Waals surface area contributed by atoms with E-state index in [0.29, 0.717) is 24.1 Å². The van der Waals surface area contributed by atoms with Gasteiger partial charge in [-0.15, -0.1) is 0 Å². The van der Waals surface area contributed by atoms with Crippen LogP contribution in [-0.4, -0.2) is 4.98 Å². The first-order chi connectivity index (χ1) is 8.16. The van der Waals surface area contributed by atoms with E-state index < -0.39 is 11.6 Å². The third-order valence-electron chi connectivity index (χ3n) is 2.62. The fourth-order valence-electron chi connectivity index (χ4n) is 1.64. The van der Waals surface area contributed by atoms with Gasteiger partial charge in [0.25, 0.3) is 0 Å². The molecule has 1 aromatic carbocycles. The largest absolute Gasteiger partial charge is 0.398 e. The number of nitrogen functional groups attached to an aromatic ring is 1. The summed E-state index contributed by atoms with van der Waals surface area (Å²) >= 11 is 0. The molecule has 0 amide bonds. The molecule has 0 aliphatic rings. The lowest BCUT2D eigenvalue weighted by Gasteiger charge is -2.05. The van der Waals surface area contributed by atoms with E-state index in [1.165, 1.54) is 12.1 Å². The van der Waals surface area contributed by atoms with Crippen LogP contribution in [0.5, 0.6) is 0 Å². The summed E-state index contributed by atoms with van der Waals surface area (Å²) in [5.41, 5.74) is 7.75. The van der Waals surface area contributed by atoms with Crippen molar-refractivity contribution in [3.05, 3.63) is 59.4 Å². The number of pyridine rings is 1. The number of rotatable bonds is 3. The summed E-state index contributed by atoms with van der Waals surface area (Å²) in [6.07, 6.45) is 4.33. The van der Waals surface area contributed by atoms with Crippen molar-refractivity contribution < 1.29 is 8.78 Å². The third-order valence-corrected chi connectivity index (χ3v) is 2.62. The lowest BCUT2D eigenvalue weighted by molar-refractivity contribution is 0.571. The summed E-state index contributed by atoms with van der Waals surface area (Å²) in [6.45, 7) is 0. The molecule has 4 heteroatoms. The van der Waals surface area contributed by atoms with Crippen LogP contribution in [0.15, 0.2) is 36.7 Å². The molecule has 2 N–H and O–H groups in total. The summed E-state index contributed by atoms with van der Waals surface area (Å²) < 4.78 is 26.1. The second-order valence-corrected chi connectivity index (χ2v) is 3.81. The van der Waals surface area contributed by atoms with Crippen LogP contribution in [0.25, 0.3) is 0 Å². The van der Waals surface area contributed by atoms with Crippen molar-refractivity contribution in [2.45, 2.75) is 12.8 Å². The van der Waals surface area contributed by atoms with Crippen LogP contribution >= 0.6 is 0 Å². The van der Waals surface area contributed by atoms with E-state index in [4.69, 9.17) is 5.73 Å². The second kappa shape index (κ2) is 4.91. The lowest BCUT2D eigenvalue weighted by atomic mass is 10.0. The molecule has 2 aromatic rings. The Morgan fingerprint density at radius 3 is 2.53 bits per heavy atom. The van der Waals surface area contributed by atoms with Crippen LogP contribution in [0, 0.1) is 11.6 Å². The van der Waals surface area contributed by atoms with Crippen molar-refractivity contribution in [1.29, 1.82) is 0 Å². The molecular formula is C13H12F2N2. The SMILES string of the molecule is Nc1ccncc1CCc1ccc(F)cc1F. The molecule has 0 saturated carbocycles. The minimum absolute atomic E-state index is 0.474. The van der Waals surface area contributed by atoms with E-state index >= 15 is 0 Å². The van der Waals surface area contributed by atoms with Gasteiger partial charge >= 0.3 is 0 Å². The summed E-state index contributed by atoms with van der Waals surface area (Å²) in [5.74, 6) is -1.08. The molecule has 1 heterocycles. The molecule has 0 saturated heterocycles.